The Bertz CT molecular complexity index is 593. The number of nitrogens with one attached hydrogen (secondary N) is 1. The molecule has 1 aliphatic heterocycles. The summed E-state index contributed by atoms with van der Waals surface area (Å²) in [6, 6.07) is 12.8. The van der Waals surface area contributed by atoms with Crippen LogP contribution in [-0.4, -0.2) is 0 Å². The minimum absolute atomic E-state index is 0.0101. The summed E-state index contributed by atoms with van der Waals surface area (Å²) in [4.78, 5) is 0. The molecule has 0 aliphatic carbocycles. The predicted octanol–water partition coefficient (Wildman–Crippen LogP) is 4.06. The van der Waals surface area contributed by atoms with Gasteiger partial charge in [0.2, 0.25) is 0 Å². The molecule has 1 aliphatic rings. The Morgan fingerprint density at radius 3 is 2.62 bits per heavy atom. The fourth-order valence-electron chi connectivity index (χ4n) is 2.52. The highest BCUT2D eigenvalue weighted by Gasteiger charge is 2.34. The molecule has 0 atom stereocenters. The van der Waals surface area contributed by atoms with Crippen LogP contribution in [0.25, 0.3) is 10.8 Å². The van der Waals surface area contributed by atoms with Gasteiger partial charge in [-0.15, -0.1) is 0 Å². The van der Waals surface area contributed by atoms with E-state index in [1.165, 1.54) is 22.0 Å². The van der Waals surface area contributed by atoms with Crippen molar-refractivity contribution in [2.45, 2.75) is 19.3 Å². The SMILES string of the molecule is C=C1Nc2ccc3ccccc3c2C1(C)C. The summed E-state index contributed by atoms with van der Waals surface area (Å²) in [5.74, 6) is 0. The Kier molecular flexibility index (Phi) is 1.70. The van der Waals surface area contributed by atoms with Crippen LogP contribution < -0.4 is 5.32 Å². The zero-order valence-electron chi connectivity index (χ0n) is 9.67. The fourth-order valence-corrected chi connectivity index (χ4v) is 2.52. The maximum atomic E-state index is 4.12. The van der Waals surface area contributed by atoms with Gasteiger partial charge in [-0.2, -0.15) is 0 Å². The standard InChI is InChI=1S/C15H15N/c1-10-15(2,3)14-12-7-5-4-6-11(12)8-9-13(14)16-10/h4-9,16H,1H2,2-3H3. The first kappa shape index (κ1) is 9.46. The Hall–Kier alpha value is -1.76. The van der Waals surface area contributed by atoms with Gasteiger partial charge in [-0.1, -0.05) is 50.8 Å². The minimum atomic E-state index is 0.0101. The van der Waals surface area contributed by atoms with Crippen molar-refractivity contribution in [1.29, 1.82) is 0 Å². The monoisotopic (exact) mass is 209 g/mol. The summed E-state index contributed by atoms with van der Waals surface area (Å²) < 4.78 is 0. The quantitative estimate of drug-likeness (QED) is 0.690. The first-order chi connectivity index (χ1) is 7.60. The topological polar surface area (TPSA) is 12.0 Å². The first-order valence-electron chi connectivity index (χ1n) is 5.59. The maximum Gasteiger partial charge on any atom is 0.0430 e. The molecule has 0 saturated heterocycles. The lowest BCUT2D eigenvalue weighted by atomic mass is 9.82. The van der Waals surface area contributed by atoms with Crippen molar-refractivity contribution in [3.8, 4) is 0 Å². The summed E-state index contributed by atoms with van der Waals surface area (Å²) in [5.41, 5.74) is 3.67. The second kappa shape index (κ2) is 2.88. The largest absolute Gasteiger partial charge is 0.358 e. The molecular formula is C15H15N. The molecular weight excluding hydrogens is 194 g/mol. The summed E-state index contributed by atoms with van der Waals surface area (Å²) in [6.45, 7) is 8.56. The van der Waals surface area contributed by atoms with Crippen LogP contribution in [0.5, 0.6) is 0 Å². The summed E-state index contributed by atoms with van der Waals surface area (Å²) in [7, 11) is 0. The Labute approximate surface area is 95.8 Å². The van der Waals surface area contributed by atoms with Crippen LogP contribution in [0.4, 0.5) is 5.69 Å². The van der Waals surface area contributed by atoms with E-state index in [9.17, 15) is 0 Å². The molecule has 0 spiro atoms. The lowest BCUT2D eigenvalue weighted by molar-refractivity contribution is 0.662. The van der Waals surface area contributed by atoms with Crippen LogP contribution in [0.3, 0.4) is 0 Å². The third-order valence-electron chi connectivity index (χ3n) is 3.59. The van der Waals surface area contributed by atoms with Crippen molar-refractivity contribution >= 4 is 16.5 Å². The summed E-state index contributed by atoms with van der Waals surface area (Å²) in [5, 5.41) is 6.01. The second-order valence-corrected chi connectivity index (χ2v) is 4.94. The number of hydrogen-bond donors (Lipinski definition) is 1. The van der Waals surface area contributed by atoms with Crippen LogP contribution in [0.1, 0.15) is 19.4 Å². The molecule has 16 heavy (non-hydrogen) atoms. The third-order valence-corrected chi connectivity index (χ3v) is 3.59. The number of allylic oxidation sites excluding steroid dienone is 1. The normalized spacial score (nSPS) is 17.2. The molecule has 0 radical (unpaired) electrons. The average Bonchev–Trinajstić information content (AvgIpc) is 2.50. The van der Waals surface area contributed by atoms with E-state index in [0.29, 0.717) is 0 Å². The molecule has 0 fully saturated rings. The Balaban J connectivity index is 2.44. The van der Waals surface area contributed by atoms with E-state index < -0.39 is 0 Å². The first-order valence-corrected chi connectivity index (χ1v) is 5.59. The van der Waals surface area contributed by atoms with Crippen molar-refractivity contribution in [3.05, 3.63) is 54.2 Å². The molecule has 0 aromatic heterocycles. The van der Waals surface area contributed by atoms with Gasteiger partial charge >= 0.3 is 0 Å². The van der Waals surface area contributed by atoms with Gasteiger partial charge < -0.3 is 5.32 Å². The molecule has 80 valence electrons. The van der Waals surface area contributed by atoms with Crippen LogP contribution in [0.2, 0.25) is 0 Å². The van der Waals surface area contributed by atoms with E-state index in [1.807, 2.05) is 0 Å². The molecule has 3 rings (SSSR count). The molecule has 0 amide bonds. The second-order valence-electron chi connectivity index (χ2n) is 4.94. The zero-order valence-corrected chi connectivity index (χ0v) is 9.67. The number of anilines is 1. The van der Waals surface area contributed by atoms with Gasteiger partial charge in [0.1, 0.15) is 0 Å². The number of rotatable bonds is 0. The van der Waals surface area contributed by atoms with Gasteiger partial charge in [0.25, 0.3) is 0 Å². The van der Waals surface area contributed by atoms with Gasteiger partial charge in [0.15, 0.2) is 0 Å². The number of benzene rings is 2. The van der Waals surface area contributed by atoms with E-state index in [-0.39, 0.29) is 5.41 Å². The van der Waals surface area contributed by atoms with E-state index in [2.05, 4.69) is 62.1 Å². The highest BCUT2D eigenvalue weighted by atomic mass is 14.9. The van der Waals surface area contributed by atoms with Crippen molar-refractivity contribution < 1.29 is 0 Å². The smallest absolute Gasteiger partial charge is 0.0430 e. The highest BCUT2D eigenvalue weighted by molar-refractivity contribution is 5.94. The van der Waals surface area contributed by atoms with Gasteiger partial charge in [0, 0.05) is 16.8 Å². The zero-order chi connectivity index (χ0) is 11.3. The van der Waals surface area contributed by atoms with E-state index in [0.717, 1.165) is 5.70 Å². The summed E-state index contributed by atoms with van der Waals surface area (Å²) >= 11 is 0. The molecule has 1 heterocycles. The van der Waals surface area contributed by atoms with Crippen LogP contribution in [0, 0.1) is 0 Å². The van der Waals surface area contributed by atoms with Gasteiger partial charge in [-0.05, 0) is 22.4 Å². The Morgan fingerprint density at radius 1 is 1.06 bits per heavy atom. The molecule has 1 nitrogen and oxygen atoms in total. The Morgan fingerprint density at radius 2 is 1.81 bits per heavy atom. The van der Waals surface area contributed by atoms with Crippen molar-refractivity contribution in [1.82, 2.24) is 0 Å². The van der Waals surface area contributed by atoms with Gasteiger partial charge in [0.05, 0.1) is 0 Å². The average molecular weight is 209 g/mol. The number of hydrogen-bond acceptors (Lipinski definition) is 1. The molecule has 0 unspecified atom stereocenters. The molecule has 0 bridgehead atoms. The molecule has 2 aromatic carbocycles. The fraction of sp³-hybridized carbons (Fsp3) is 0.200. The maximum absolute atomic E-state index is 4.12. The summed E-state index contributed by atoms with van der Waals surface area (Å²) in [6.07, 6.45) is 0. The lowest BCUT2D eigenvalue weighted by Crippen LogP contribution is -2.16. The molecule has 0 saturated carbocycles. The third kappa shape index (κ3) is 1.06. The lowest BCUT2D eigenvalue weighted by Gasteiger charge is -2.20. The molecule has 1 heteroatoms. The molecule has 2 aromatic rings. The highest BCUT2D eigenvalue weighted by Crippen LogP contribution is 2.45. The predicted molar refractivity (Wildman–Crippen MR) is 69.7 cm³/mol. The number of fused-ring (bicyclic) bond motifs is 3. The van der Waals surface area contributed by atoms with Crippen LogP contribution in [0.15, 0.2) is 48.7 Å². The van der Waals surface area contributed by atoms with E-state index >= 15 is 0 Å². The van der Waals surface area contributed by atoms with Crippen LogP contribution >= 0.6 is 0 Å². The van der Waals surface area contributed by atoms with Crippen molar-refractivity contribution in [2.75, 3.05) is 5.32 Å². The van der Waals surface area contributed by atoms with E-state index in [4.69, 9.17) is 0 Å². The molecule has 1 N–H and O–H groups in total. The van der Waals surface area contributed by atoms with Crippen molar-refractivity contribution in [3.63, 3.8) is 0 Å². The van der Waals surface area contributed by atoms with E-state index in [1.54, 1.807) is 0 Å². The van der Waals surface area contributed by atoms with Crippen LogP contribution in [-0.2, 0) is 5.41 Å². The van der Waals surface area contributed by atoms with Gasteiger partial charge in [-0.3, -0.25) is 0 Å². The van der Waals surface area contributed by atoms with Gasteiger partial charge in [-0.25, -0.2) is 0 Å². The minimum Gasteiger partial charge on any atom is -0.358 e. The van der Waals surface area contributed by atoms with Crippen molar-refractivity contribution in [2.24, 2.45) is 0 Å².